The molecule has 4 rings (SSSR count). The van der Waals surface area contributed by atoms with Gasteiger partial charge in [0, 0.05) is 17.2 Å². The monoisotopic (exact) mass is 301 g/mol. The van der Waals surface area contributed by atoms with Gasteiger partial charge in [-0.25, -0.2) is 14.5 Å². The number of nitrogens with one attached hydrogen (secondary N) is 1. The number of aromatic nitrogens is 3. The molecule has 2 aliphatic heterocycles. The number of thioether (sulfide) groups is 1. The van der Waals surface area contributed by atoms with Crippen LogP contribution in [0.15, 0.2) is 35.5 Å². The summed E-state index contributed by atoms with van der Waals surface area (Å²) in [5, 5.41) is 7.26. The Balaban J connectivity index is 1.46. The normalized spacial score (nSPS) is 20.0. The summed E-state index contributed by atoms with van der Waals surface area (Å²) in [6, 6.07) is 8.33. The summed E-state index contributed by atoms with van der Waals surface area (Å²) < 4.78 is 1.85. The standard InChI is InChI=1S/C14H15N5OS/c20-14(18-5-6-19-13(7-18)15-9-16-19)17-11-8-21-12-4-2-1-3-10(11)12/h1-4,9,11H,5-8H2,(H,17,20). The minimum absolute atomic E-state index is 0.0217. The number of benzene rings is 1. The molecule has 1 N–H and O–H groups in total. The molecule has 0 saturated heterocycles. The molecule has 2 amide bonds. The zero-order chi connectivity index (χ0) is 14.2. The summed E-state index contributed by atoms with van der Waals surface area (Å²) >= 11 is 1.79. The van der Waals surface area contributed by atoms with Gasteiger partial charge in [0.2, 0.25) is 0 Å². The van der Waals surface area contributed by atoms with E-state index in [0.717, 1.165) is 11.6 Å². The predicted molar refractivity (Wildman–Crippen MR) is 78.9 cm³/mol. The summed E-state index contributed by atoms with van der Waals surface area (Å²) in [5.74, 6) is 1.74. The number of carbonyl (C=O) groups excluding carboxylic acids is 1. The van der Waals surface area contributed by atoms with Crippen LogP contribution >= 0.6 is 11.8 Å². The second kappa shape index (κ2) is 5.07. The Bertz CT molecular complexity index is 686. The van der Waals surface area contributed by atoms with Gasteiger partial charge in [-0.1, -0.05) is 18.2 Å². The van der Waals surface area contributed by atoms with Crippen molar-refractivity contribution in [2.75, 3.05) is 12.3 Å². The Morgan fingerprint density at radius 1 is 1.33 bits per heavy atom. The molecule has 0 fully saturated rings. The van der Waals surface area contributed by atoms with Crippen LogP contribution in [-0.2, 0) is 13.1 Å². The average molecular weight is 301 g/mol. The summed E-state index contributed by atoms with van der Waals surface area (Å²) in [4.78, 5) is 19.7. The highest BCUT2D eigenvalue weighted by Gasteiger charge is 2.28. The van der Waals surface area contributed by atoms with E-state index in [2.05, 4.69) is 27.5 Å². The maximum absolute atomic E-state index is 12.4. The number of hydrogen-bond acceptors (Lipinski definition) is 4. The number of nitrogens with zero attached hydrogens (tertiary/aromatic N) is 4. The molecule has 0 aliphatic carbocycles. The third-order valence-electron chi connectivity index (χ3n) is 3.89. The first-order valence-corrected chi connectivity index (χ1v) is 7.93. The number of amides is 2. The molecular weight excluding hydrogens is 286 g/mol. The molecule has 0 bridgehead atoms. The highest BCUT2D eigenvalue weighted by atomic mass is 32.2. The van der Waals surface area contributed by atoms with Crippen LogP contribution in [0.25, 0.3) is 0 Å². The van der Waals surface area contributed by atoms with Gasteiger partial charge in [-0.3, -0.25) is 0 Å². The number of rotatable bonds is 1. The molecule has 1 unspecified atom stereocenters. The Kier molecular flexibility index (Phi) is 3.07. The van der Waals surface area contributed by atoms with Crippen molar-refractivity contribution in [2.45, 2.75) is 24.0 Å². The van der Waals surface area contributed by atoms with Crippen LogP contribution in [-0.4, -0.2) is 38.0 Å². The Morgan fingerprint density at radius 3 is 3.19 bits per heavy atom. The molecule has 1 atom stereocenters. The molecule has 1 aromatic heterocycles. The molecule has 2 aliphatic rings. The van der Waals surface area contributed by atoms with E-state index in [1.54, 1.807) is 23.0 Å². The summed E-state index contributed by atoms with van der Waals surface area (Å²) in [6.45, 7) is 1.90. The summed E-state index contributed by atoms with van der Waals surface area (Å²) in [5.41, 5.74) is 1.22. The van der Waals surface area contributed by atoms with Gasteiger partial charge < -0.3 is 10.2 Å². The van der Waals surface area contributed by atoms with Gasteiger partial charge in [-0.05, 0) is 11.6 Å². The van der Waals surface area contributed by atoms with Crippen LogP contribution < -0.4 is 5.32 Å². The lowest BCUT2D eigenvalue weighted by Crippen LogP contribution is -2.45. The van der Waals surface area contributed by atoms with E-state index in [-0.39, 0.29) is 12.1 Å². The Morgan fingerprint density at radius 2 is 2.24 bits per heavy atom. The first-order valence-electron chi connectivity index (χ1n) is 6.95. The van der Waals surface area contributed by atoms with E-state index in [4.69, 9.17) is 0 Å². The maximum atomic E-state index is 12.4. The molecule has 6 nitrogen and oxygen atoms in total. The highest BCUT2D eigenvalue weighted by Crippen LogP contribution is 2.37. The zero-order valence-corrected chi connectivity index (χ0v) is 12.2. The molecule has 3 heterocycles. The quantitative estimate of drug-likeness (QED) is 0.870. The Hall–Kier alpha value is -2.02. The van der Waals surface area contributed by atoms with Crippen molar-refractivity contribution >= 4 is 17.8 Å². The number of hydrogen-bond donors (Lipinski definition) is 1. The van der Waals surface area contributed by atoms with Gasteiger partial charge in [0.1, 0.15) is 12.2 Å². The van der Waals surface area contributed by atoms with Gasteiger partial charge in [-0.15, -0.1) is 11.8 Å². The van der Waals surface area contributed by atoms with Gasteiger partial charge in [0.25, 0.3) is 0 Å². The van der Waals surface area contributed by atoms with Crippen molar-refractivity contribution in [3.05, 3.63) is 42.0 Å². The van der Waals surface area contributed by atoms with E-state index in [9.17, 15) is 4.79 Å². The first kappa shape index (κ1) is 12.7. The lowest BCUT2D eigenvalue weighted by molar-refractivity contribution is 0.177. The Labute approximate surface area is 126 Å². The first-order chi connectivity index (χ1) is 10.3. The minimum atomic E-state index is -0.0217. The van der Waals surface area contributed by atoms with Crippen molar-refractivity contribution < 1.29 is 4.79 Å². The molecule has 7 heteroatoms. The van der Waals surface area contributed by atoms with Gasteiger partial charge >= 0.3 is 6.03 Å². The van der Waals surface area contributed by atoms with Crippen LogP contribution in [0.1, 0.15) is 17.4 Å². The van der Waals surface area contributed by atoms with E-state index < -0.39 is 0 Å². The van der Waals surface area contributed by atoms with E-state index in [0.29, 0.717) is 19.6 Å². The van der Waals surface area contributed by atoms with E-state index in [1.807, 2.05) is 16.8 Å². The predicted octanol–water partition coefficient (Wildman–Crippen LogP) is 1.65. The summed E-state index contributed by atoms with van der Waals surface area (Å²) in [7, 11) is 0. The smallest absolute Gasteiger partial charge is 0.318 e. The fraction of sp³-hybridized carbons (Fsp3) is 0.357. The number of fused-ring (bicyclic) bond motifs is 2. The van der Waals surface area contributed by atoms with Gasteiger partial charge in [-0.2, -0.15) is 5.10 Å². The molecule has 0 saturated carbocycles. The van der Waals surface area contributed by atoms with Crippen LogP contribution in [0.2, 0.25) is 0 Å². The minimum Gasteiger partial charge on any atom is -0.330 e. The molecule has 108 valence electrons. The van der Waals surface area contributed by atoms with Crippen molar-refractivity contribution in [2.24, 2.45) is 0 Å². The van der Waals surface area contributed by atoms with Crippen molar-refractivity contribution in [1.82, 2.24) is 25.0 Å². The largest absolute Gasteiger partial charge is 0.330 e. The molecule has 2 aromatic rings. The molecule has 21 heavy (non-hydrogen) atoms. The number of urea groups is 1. The lowest BCUT2D eigenvalue weighted by Gasteiger charge is -2.28. The third kappa shape index (κ3) is 2.27. The van der Waals surface area contributed by atoms with Crippen molar-refractivity contribution in [3.63, 3.8) is 0 Å². The number of carbonyl (C=O) groups is 1. The second-order valence-corrected chi connectivity index (χ2v) is 6.23. The highest BCUT2D eigenvalue weighted by molar-refractivity contribution is 7.99. The topological polar surface area (TPSA) is 63.1 Å². The van der Waals surface area contributed by atoms with Crippen LogP contribution in [0.3, 0.4) is 0 Å². The van der Waals surface area contributed by atoms with Crippen molar-refractivity contribution in [3.8, 4) is 0 Å². The van der Waals surface area contributed by atoms with E-state index >= 15 is 0 Å². The van der Waals surface area contributed by atoms with Crippen LogP contribution in [0.4, 0.5) is 4.79 Å². The summed E-state index contributed by atoms with van der Waals surface area (Å²) in [6.07, 6.45) is 1.54. The molecule has 0 radical (unpaired) electrons. The molecular formula is C14H15N5OS. The van der Waals surface area contributed by atoms with E-state index in [1.165, 1.54) is 10.5 Å². The van der Waals surface area contributed by atoms with Crippen LogP contribution in [0, 0.1) is 0 Å². The fourth-order valence-electron chi connectivity index (χ4n) is 2.76. The maximum Gasteiger partial charge on any atom is 0.318 e. The average Bonchev–Trinajstić information content (AvgIpc) is 3.13. The lowest BCUT2D eigenvalue weighted by atomic mass is 10.1. The molecule has 0 spiro atoms. The van der Waals surface area contributed by atoms with Crippen LogP contribution in [0.5, 0.6) is 0 Å². The second-order valence-electron chi connectivity index (χ2n) is 5.17. The third-order valence-corrected chi connectivity index (χ3v) is 5.08. The van der Waals surface area contributed by atoms with Crippen molar-refractivity contribution in [1.29, 1.82) is 0 Å². The van der Waals surface area contributed by atoms with Gasteiger partial charge in [0.05, 0.1) is 19.1 Å². The molecule has 1 aromatic carbocycles. The fourth-order valence-corrected chi connectivity index (χ4v) is 3.92. The zero-order valence-electron chi connectivity index (χ0n) is 11.4. The van der Waals surface area contributed by atoms with Gasteiger partial charge in [0.15, 0.2) is 0 Å². The SMILES string of the molecule is O=C(NC1CSc2ccccc21)N1CCn2ncnc2C1.